The van der Waals surface area contributed by atoms with Gasteiger partial charge in [-0.25, -0.2) is 4.39 Å². The normalized spacial score (nSPS) is 16.6. The van der Waals surface area contributed by atoms with Crippen molar-refractivity contribution < 1.29 is 14.0 Å². The largest absolute Gasteiger partial charge is 0.294 e. The number of rotatable bonds is 7. The number of carbonyl (C=O) groups is 2. The lowest BCUT2D eigenvalue weighted by molar-refractivity contribution is -0.128. The molecule has 27 heavy (non-hydrogen) atoms. The van der Waals surface area contributed by atoms with Gasteiger partial charge in [-0.1, -0.05) is 54.3 Å². The minimum atomic E-state index is -0.369. The third kappa shape index (κ3) is 5.23. The summed E-state index contributed by atoms with van der Waals surface area (Å²) in [7, 11) is 0. The monoisotopic (exact) mass is 401 g/mol. The number of amides is 1. The summed E-state index contributed by atoms with van der Waals surface area (Å²) in [5.41, 5.74) is 1.65. The van der Waals surface area contributed by atoms with E-state index >= 15 is 0 Å². The summed E-state index contributed by atoms with van der Waals surface area (Å²) in [4.78, 5) is 26.6. The van der Waals surface area contributed by atoms with Gasteiger partial charge in [0.2, 0.25) is 5.91 Å². The molecule has 0 saturated carbocycles. The molecule has 1 atom stereocenters. The summed E-state index contributed by atoms with van der Waals surface area (Å²) < 4.78 is 13.6. The van der Waals surface area contributed by atoms with Gasteiger partial charge in [-0.15, -0.1) is 0 Å². The third-order valence-corrected chi connectivity index (χ3v) is 6.05. The smallest absolute Gasteiger partial charge is 0.228 e. The van der Waals surface area contributed by atoms with Gasteiger partial charge in [0.15, 0.2) is 5.78 Å². The van der Waals surface area contributed by atoms with Crippen LogP contribution in [0.4, 0.5) is 4.39 Å². The second-order valence-corrected chi connectivity index (χ2v) is 8.12. The Bertz CT molecular complexity index is 824. The highest BCUT2D eigenvalue weighted by molar-refractivity contribution is 8.23. The topological polar surface area (TPSA) is 37.4 Å². The van der Waals surface area contributed by atoms with Crippen LogP contribution in [-0.2, 0) is 11.2 Å². The quantitative estimate of drug-likeness (QED) is 0.500. The van der Waals surface area contributed by atoms with Gasteiger partial charge in [0.05, 0.1) is 6.04 Å². The van der Waals surface area contributed by atoms with Gasteiger partial charge in [-0.05, 0) is 42.7 Å². The predicted octanol–water partition coefficient (Wildman–Crippen LogP) is 4.65. The second-order valence-electron chi connectivity index (χ2n) is 6.47. The van der Waals surface area contributed by atoms with Crippen molar-refractivity contribution in [2.24, 2.45) is 0 Å². The van der Waals surface area contributed by atoms with Crippen LogP contribution in [0.5, 0.6) is 0 Å². The molecule has 1 unspecified atom stereocenters. The van der Waals surface area contributed by atoms with E-state index in [4.69, 9.17) is 12.2 Å². The van der Waals surface area contributed by atoms with E-state index in [1.165, 1.54) is 41.6 Å². The van der Waals surface area contributed by atoms with Crippen LogP contribution in [0.15, 0.2) is 54.6 Å². The first-order valence-electron chi connectivity index (χ1n) is 8.86. The van der Waals surface area contributed by atoms with E-state index in [9.17, 15) is 14.0 Å². The van der Waals surface area contributed by atoms with Crippen molar-refractivity contribution in [3.8, 4) is 0 Å². The highest BCUT2D eigenvalue weighted by Crippen LogP contribution is 2.28. The zero-order valence-corrected chi connectivity index (χ0v) is 16.4. The Morgan fingerprint density at radius 2 is 1.78 bits per heavy atom. The first kappa shape index (κ1) is 19.7. The fourth-order valence-electron chi connectivity index (χ4n) is 3.10. The van der Waals surface area contributed by atoms with E-state index in [1.807, 2.05) is 18.2 Å². The molecule has 1 aliphatic heterocycles. The molecule has 1 amide bonds. The summed E-state index contributed by atoms with van der Waals surface area (Å²) in [6.07, 6.45) is 1.76. The van der Waals surface area contributed by atoms with E-state index in [0.29, 0.717) is 16.3 Å². The molecular weight excluding hydrogens is 381 g/mol. The minimum Gasteiger partial charge on any atom is -0.294 e. The number of carbonyl (C=O) groups excluding carboxylic acids is 2. The van der Waals surface area contributed by atoms with Crippen molar-refractivity contribution in [2.75, 3.05) is 5.75 Å². The van der Waals surface area contributed by atoms with Crippen LogP contribution in [0, 0.1) is 5.82 Å². The molecular formula is C21H20FNO2S2. The van der Waals surface area contributed by atoms with Crippen molar-refractivity contribution in [3.05, 3.63) is 71.5 Å². The van der Waals surface area contributed by atoms with E-state index in [0.717, 1.165) is 12.2 Å². The first-order chi connectivity index (χ1) is 13.0. The minimum absolute atomic E-state index is 0.0298. The maximum Gasteiger partial charge on any atom is 0.228 e. The molecule has 3 rings (SSSR count). The summed E-state index contributed by atoms with van der Waals surface area (Å²) in [6.45, 7) is 0. The molecule has 0 bridgehead atoms. The van der Waals surface area contributed by atoms with Crippen LogP contribution in [-0.4, -0.2) is 32.7 Å². The fourth-order valence-corrected chi connectivity index (χ4v) is 4.55. The Morgan fingerprint density at radius 3 is 2.48 bits per heavy atom. The number of hydrogen-bond acceptors (Lipinski definition) is 4. The van der Waals surface area contributed by atoms with Crippen LogP contribution in [0.1, 0.15) is 35.2 Å². The van der Waals surface area contributed by atoms with Crippen molar-refractivity contribution in [3.63, 3.8) is 0 Å². The molecule has 0 N–H and O–H groups in total. The molecule has 1 aliphatic rings. The van der Waals surface area contributed by atoms with Gasteiger partial charge in [-0.2, -0.15) is 0 Å². The summed E-state index contributed by atoms with van der Waals surface area (Å²) >= 11 is 6.90. The van der Waals surface area contributed by atoms with Crippen LogP contribution in [0.2, 0.25) is 0 Å². The van der Waals surface area contributed by atoms with Gasteiger partial charge < -0.3 is 0 Å². The van der Waals surface area contributed by atoms with Crippen molar-refractivity contribution in [2.45, 2.75) is 31.7 Å². The predicted molar refractivity (Wildman–Crippen MR) is 110 cm³/mol. The van der Waals surface area contributed by atoms with E-state index in [1.54, 1.807) is 4.90 Å². The number of benzene rings is 2. The number of hydrogen-bond donors (Lipinski definition) is 0. The zero-order valence-electron chi connectivity index (χ0n) is 14.8. The lowest BCUT2D eigenvalue weighted by Gasteiger charge is -2.23. The van der Waals surface area contributed by atoms with E-state index in [2.05, 4.69) is 12.1 Å². The molecule has 1 saturated heterocycles. The number of ketones is 1. The van der Waals surface area contributed by atoms with Crippen LogP contribution in [0.3, 0.4) is 0 Å². The van der Waals surface area contributed by atoms with Gasteiger partial charge in [0.25, 0.3) is 0 Å². The summed E-state index contributed by atoms with van der Waals surface area (Å²) in [5.74, 6) is 0.319. The molecule has 0 spiro atoms. The summed E-state index contributed by atoms with van der Waals surface area (Å²) in [5, 5.41) is 0. The van der Waals surface area contributed by atoms with E-state index < -0.39 is 0 Å². The Kier molecular flexibility index (Phi) is 6.74. The molecule has 0 radical (unpaired) electrons. The van der Waals surface area contributed by atoms with Crippen LogP contribution >= 0.6 is 24.0 Å². The number of halogens is 1. The molecule has 2 aromatic carbocycles. The number of Topliss-reactive ketones (excluding diaryl/α,β-unsaturated/α-hetero) is 1. The fraction of sp³-hybridized carbons (Fsp3) is 0.286. The van der Waals surface area contributed by atoms with Crippen molar-refractivity contribution in [1.82, 2.24) is 4.90 Å². The number of nitrogens with zero attached hydrogens (tertiary/aromatic N) is 1. The highest BCUT2D eigenvalue weighted by atomic mass is 32.2. The Balaban J connectivity index is 1.53. The molecule has 6 heteroatoms. The van der Waals surface area contributed by atoms with Gasteiger partial charge in [0.1, 0.15) is 10.1 Å². The standard InChI is InChI=1S/C21H20FNO2S2/c22-17-11-9-16(10-12-17)19(24)7-4-8-20(25)23-18(14-27-21(23)26)13-15-5-2-1-3-6-15/h1-3,5-6,9-12,18H,4,7-8,13-14H2. The average Bonchev–Trinajstić information content (AvgIpc) is 3.03. The number of thioether (sulfide) groups is 1. The lowest BCUT2D eigenvalue weighted by Crippen LogP contribution is -2.39. The second kappa shape index (κ2) is 9.24. The molecule has 3 nitrogen and oxygen atoms in total. The Hall–Kier alpha value is -2.05. The van der Waals surface area contributed by atoms with Crippen molar-refractivity contribution in [1.29, 1.82) is 0 Å². The van der Waals surface area contributed by atoms with Crippen molar-refractivity contribution >= 4 is 40.0 Å². The highest BCUT2D eigenvalue weighted by Gasteiger charge is 2.33. The van der Waals surface area contributed by atoms with Crippen LogP contribution in [0.25, 0.3) is 0 Å². The summed E-state index contributed by atoms with van der Waals surface area (Å²) in [6, 6.07) is 15.6. The number of thiocarbonyl (C=S) groups is 1. The molecule has 0 aliphatic carbocycles. The molecule has 0 aromatic heterocycles. The first-order valence-corrected chi connectivity index (χ1v) is 10.3. The third-order valence-electron chi connectivity index (χ3n) is 4.50. The Morgan fingerprint density at radius 1 is 1.07 bits per heavy atom. The van der Waals surface area contributed by atoms with Gasteiger partial charge in [-0.3, -0.25) is 14.5 Å². The zero-order chi connectivity index (χ0) is 19.2. The molecule has 1 heterocycles. The van der Waals surface area contributed by atoms with Crippen LogP contribution < -0.4 is 0 Å². The molecule has 1 fully saturated rings. The molecule has 2 aromatic rings. The van der Waals surface area contributed by atoms with E-state index in [-0.39, 0.29) is 36.4 Å². The lowest BCUT2D eigenvalue weighted by atomic mass is 10.0. The maximum absolute atomic E-state index is 12.9. The SMILES string of the molecule is O=C(CCCC(=O)N1C(=S)SCC1Cc1ccccc1)c1ccc(F)cc1. The average molecular weight is 402 g/mol. The van der Waals surface area contributed by atoms with Gasteiger partial charge >= 0.3 is 0 Å². The van der Waals surface area contributed by atoms with Gasteiger partial charge in [0, 0.05) is 24.2 Å². The molecule has 140 valence electrons. The maximum atomic E-state index is 12.9. The Labute approximate surface area is 167 Å².